The fourth-order valence-corrected chi connectivity index (χ4v) is 4.03. The lowest BCUT2D eigenvalue weighted by molar-refractivity contribution is -0.139. The van der Waals surface area contributed by atoms with Crippen LogP contribution in [0.2, 0.25) is 0 Å². The third kappa shape index (κ3) is 2.59. The second-order valence-corrected chi connectivity index (χ2v) is 6.56. The van der Waals surface area contributed by atoms with E-state index in [1.807, 2.05) is 12.1 Å². The minimum atomic E-state index is -0.854. The van der Waals surface area contributed by atoms with Gasteiger partial charge in [-0.3, -0.25) is 0 Å². The van der Waals surface area contributed by atoms with E-state index >= 15 is 0 Å². The van der Waals surface area contributed by atoms with Gasteiger partial charge in [-0.25, -0.2) is 0 Å². The monoisotopic (exact) mass is 310 g/mol. The molecule has 3 heteroatoms. The third-order valence-corrected chi connectivity index (χ3v) is 5.23. The molecule has 3 atom stereocenters. The van der Waals surface area contributed by atoms with Gasteiger partial charge in [0.15, 0.2) is 0 Å². The summed E-state index contributed by atoms with van der Waals surface area (Å²) >= 11 is 0. The normalized spacial score (nSPS) is 27.8. The average molecular weight is 310 g/mol. The molecular formula is C20H22O3. The van der Waals surface area contributed by atoms with Crippen LogP contribution in [0.4, 0.5) is 0 Å². The van der Waals surface area contributed by atoms with Gasteiger partial charge < -0.3 is 14.9 Å². The summed E-state index contributed by atoms with van der Waals surface area (Å²) in [5, 5.41) is 20.7. The molecule has 2 aromatic rings. The van der Waals surface area contributed by atoms with E-state index in [0.717, 1.165) is 12.8 Å². The van der Waals surface area contributed by atoms with Crippen molar-refractivity contribution in [3.63, 3.8) is 0 Å². The first-order valence-electron chi connectivity index (χ1n) is 8.39. The number of ether oxygens (including phenoxy) is 1. The Morgan fingerprint density at radius 1 is 0.826 bits per heavy atom. The van der Waals surface area contributed by atoms with E-state index in [0.29, 0.717) is 13.0 Å². The highest BCUT2D eigenvalue weighted by Gasteiger charge is 2.40. The van der Waals surface area contributed by atoms with Gasteiger partial charge in [-0.2, -0.15) is 0 Å². The Labute approximate surface area is 136 Å². The van der Waals surface area contributed by atoms with Crippen LogP contribution in [-0.2, 0) is 17.6 Å². The van der Waals surface area contributed by atoms with Gasteiger partial charge in [0.2, 0.25) is 0 Å². The molecule has 0 saturated carbocycles. The number of benzene rings is 2. The molecule has 0 amide bonds. The number of aryl methyl sites for hydroxylation is 2. The van der Waals surface area contributed by atoms with Crippen molar-refractivity contribution in [1.82, 2.24) is 0 Å². The quantitative estimate of drug-likeness (QED) is 0.850. The molecule has 0 spiro atoms. The molecule has 3 nitrogen and oxygen atoms in total. The first-order valence-corrected chi connectivity index (χ1v) is 8.39. The van der Waals surface area contributed by atoms with Gasteiger partial charge in [-0.05, 0) is 41.5 Å². The summed E-state index contributed by atoms with van der Waals surface area (Å²) in [6.07, 6.45) is 0.515. The van der Waals surface area contributed by atoms with Gasteiger partial charge >= 0.3 is 0 Å². The van der Waals surface area contributed by atoms with Crippen molar-refractivity contribution >= 4 is 0 Å². The Hall–Kier alpha value is -1.68. The van der Waals surface area contributed by atoms with Gasteiger partial charge in [0.25, 0.3) is 0 Å². The van der Waals surface area contributed by atoms with Crippen LogP contribution in [-0.4, -0.2) is 35.1 Å². The Morgan fingerprint density at radius 3 is 2.00 bits per heavy atom. The van der Waals surface area contributed by atoms with Gasteiger partial charge in [-0.1, -0.05) is 48.5 Å². The summed E-state index contributed by atoms with van der Waals surface area (Å²) in [5.41, 5.74) is 5.06. The summed E-state index contributed by atoms with van der Waals surface area (Å²) in [6, 6.07) is 16.8. The van der Waals surface area contributed by atoms with Gasteiger partial charge in [0.05, 0.1) is 12.2 Å². The lowest BCUT2D eigenvalue weighted by atomic mass is 9.80. The summed E-state index contributed by atoms with van der Waals surface area (Å²) in [7, 11) is 0. The number of fused-ring (bicyclic) bond motifs is 2. The van der Waals surface area contributed by atoms with Gasteiger partial charge in [0, 0.05) is 12.5 Å². The Kier molecular flexibility index (Phi) is 3.93. The number of aliphatic hydroxyl groups excluding tert-OH is 2. The Balaban J connectivity index is 1.86. The van der Waals surface area contributed by atoms with Crippen LogP contribution >= 0.6 is 0 Å². The maximum atomic E-state index is 10.6. The van der Waals surface area contributed by atoms with E-state index in [9.17, 15) is 10.2 Å². The minimum absolute atomic E-state index is 0.0325. The summed E-state index contributed by atoms with van der Waals surface area (Å²) in [4.78, 5) is 0. The molecule has 4 rings (SSSR count). The van der Waals surface area contributed by atoms with E-state index in [2.05, 4.69) is 36.4 Å². The highest BCUT2D eigenvalue weighted by atomic mass is 16.5. The van der Waals surface area contributed by atoms with Crippen LogP contribution in [0.3, 0.4) is 0 Å². The maximum Gasteiger partial charge on any atom is 0.107 e. The number of aliphatic hydroxyl groups is 2. The van der Waals surface area contributed by atoms with Gasteiger partial charge in [-0.15, -0.1) is 0 Å². The maximum absolute atomic E-state index is 10.6. The Bertz CT molecular complexity index is 649. The molecule has 2 aromatic carbocycles. The zero-order valence-electron chi connectivity index (χ0n) is 13.1. The first kappa shape index (κ1) is 14.9. The molecule has 2 aliphatic rings. The predicted molar refractivity (Wildman–Crippen MR) is 88.5 cm³/mol. The van der Waals surface area contributed by atoms with E-state index in [-0.39, 0.29) is 5.92 Å². The second-order valence-electron chi connectivity index (χ2n) is 6.56. The standard InChI is InChI=1S/C20H22O3/c21-17-11-12-23-20(19(17)22)18-15-7-3-1-5-13(15)9-10-14-6-2-4-8-16(14)18/h1-8,17-22H,9-12H2. The van der Waals surface area contributed by atoms with Crippen LogP contribution in [0.5, 0.6) is 0 Å². The summed E-state index contributed by atoms with van der Waals surface area (Å²) < 4.78 is 5.96. The molecule has 0 bridgehead atoms. The van der Waals surface area contributed by atoms with Crippen molar-refractivity contribution in [2.24, 2.45) is 0 Å². The number of rotatable bonds is 1. The molecule has 0 aromatic heterocycles. The van der Waals surface area contributed by atoms with Crippen LogP contribution < -0.4 is 0 Å². The highest BCUT2D eigenvalue weighted by molar-refractivity contribution is 5.46. The fourth-order valence-electron chi connectivity index (χ4n) is 4.03. The molecule has 2 N–H and O–H groups in total. The summed E-state index contributed by atoms with van der Waals surface area (Å²) in [5.74, 6) is -0.0325. The molecule has 1 saturated heterocycles. The van der Waals surface area contributed by atoms with Crippen LogP contribution in [0, 0.1) is 0 Å². The smallest absolute Gasteiger partial charge is 0.107 e. The van der Waals surface area contributed by atoms with E-state index in [4.69, 9.17) is 4.74 Å². The van der Waals surface area contributed by atoms with Crippen molar-refractivity contribution in [2.75, 3.05) is 6.61 Å². The minimum Gasteiger partial charge on any atom is -0.390 e. The highest BCUT2D eigenvalue weighted by Crippen LogP contribution is 2.40. The van der Waals surface area contributed by atoms with Crippen molar-refractivity contribution in [3.05, 3.63) is 70.8 Å². The third-order valence-electron chi connectivity index (χ3n) is 5.23. The molecule has 1 aliphatic heterocycles. The number of hydrogen-bond acceptors (Lipinski definition) is 3. The molecular weight excluding hydrogens is 288 g/mol. The lowest BCUT2D eigenvalue weighted by Gasteiger charge is -2.38. The lowest BCUT2D eigenvalue weighted by Crippen LogP contribution is -2.47. The zero-order valence-corrected chi connectivity index (χ0v) is 13.1. The molecule has 1 aliphatic carbocycles. The predicted octanol–water partition coefficient (Wildman–Crippen LogP) is 2.43. The van der Waals surface area contributed by atoms with Crippen LogP contribution in [0.15, 0.2) is 48.5 Å². The van der Waals surface area contributed by atoms with Crippen molar-refractivity contribution in [2.45, 2.75) is 43.5 Å². The van der Waals surface area contributed by atoms with E-state index < -0.39 is 18.3 Å². The largest absolute Gasteiger partial charge is 0.390 e. The SMILES string of the molecule is OC1CCOC(C2c3ccccc3CCc3ccccc32)C1O. The Morgan fingerprint density at radius 2 is 1.39 bits per heavy atom. The molecule has 1 fully saturated rings. The zero-order chi connectivity index (χ0) is 15.8. The van der Waals surface area contributed by atoms with Gasteiger partial charge in [0.1, 0.15) is 6.10 Å². The van der Waals surface area contributed by atoms with Crippen molar-refractivity contribution in [1.29, 1.82) is 0 Å². The van der Waals surface area contributed by atoms with Crippen molar-refractivity contribution in [3.8, 4) is 0 Å². The molecule has 23 heavy (non-hydrogen) atoms. The molecule has 3 unspecified atom stereocenters. The first-order chi connectivity index (χ1) is 11.3. The number of hydrogen-bond donors (Lipinski definition) is 2. The van der Waals surface area contributed by atoms with Crippen molar-refractivity contribution < 1.29 is 14.9 Å². The molecule has 0 radical (unpaired) electrons. The molecule has 1 heterocycles. The molecule has 120 valence electrons. The fraction of sp³-hybridized carbons (Fsp3) is 0.400. The van der Waals surface area contributed by atoms with Crippen LogP contribution in [0.1, 0.15) is 34.6 Å². The van der Waals surface area contributed by atoms with E-state index in [1.165, 1.54) is 22.3 Å². The van der Waals surface area contributed by atoms with Crippen LogP contribution in [0.25, 0.3) is 0 Å². The second kappa shape index (κ2) is 6.08. The topological polar surface area (TPSA) is 49.7 Å². The summed E-state index contributed by atoms with van der Waals surface area (Å²) in [6.45, 7) is 0.490. The van der Waals surface area contributed by atoms with E-state index in [1.54, 1.807) is 0 Å². The average Bonchev–Trinajstić information content (AvgIpc) is 2.75.